The molecule has 0 saturated heterocycles. The van der Waals surface area contributed by atoms with Crippen LogP contribution in [0.2, 0.25) is 0 Å². The molecule has 0 bridgehead atoms. The van der Waals surface area contributed by atoms with E-state index < -0.39 is 0 Å². The van der Waals surface area contributed by atoms with Crippen LogP contribution in [0.25, 0.3) is 0 Å². The fourth-order valence-corrected chi connectivity index (χ4v) is 2.30. The molecular formula is C19H23N3O. The molecule has 2 N–H and O–H groups in total. The maximum Gasteiger partial charge on any atom is 0.253 e. The van der Waals surface area contributed by atoms with E-state index in [2.05, 4.69) is 49.0 Å². The van der Waals surface area contributed by atoms with Gasteiger partial charge in [-0.25, -0.2) is 0 Å². The molecule has 4 heteroatoms. The van der Waals surface area contributed by atoms with Crippen molar-refractivity contribution in [3.05, 3.63) is 66.5 Å². The molecule has 2 rings (SSSR count). The Balaban J connectivity index is 2.25. The summed E-state index contributed by atoms with van der Waals surface area (Å²) < 4.78 is 0. The van der Waals surface area contributed by atoms with E-state index in [0.717, 1.165) is 11.4 Å². The standard InChI is InChI=1S/C19H23N3O/c1-5-10-21-18(23)14-11-15(13-20-12-14)22-17-9-7-6-8-16(17)19(2,3)4/h5-9,11-13,22H,1,10H2,2-4H3,(H,21,23). The van der Waals surface area contributed by atoms with Crippen molar-refractivity contribution in [2.75, 3.05) is 11.9 Å². The molecule has 0 saturated carbocycles. The van der Waals surface area contributed by atoms with E-state index in [1.807, 2.05) is 18.2 Å². The van der Waals surface area contributed by atoms with Gasteiger partial charge in [-0.05, 0) is 23.1 Å². The quantitative estimate of drug-likeness (QED) is 0.820. The maximum atomic E-state index is 12.0. The molecule has 0 radical (unpaired) electrons. The number of para-hydroxylation sites is 1. The van der Waals surface area contributed by atoms with Crippen molar-refractivity contribution in [3.63, 3.8) is 0 Å². The number of nitrogens with zero attached hydrogens (tertiary/aromatic N) is 1. The van der Waals surface area contributed by atoms with Crippen molar-refractivity contribution in [1.29, 1.82) is 0 Å². The van der Waals surface area contributed by atoms with Crippen molar-refractivity contribution in [1.82, 2.24) is 10.3 Å². The van der Waals surface area contributed by atoms with Crippen LogP contribution in [0.3, 0.4) is 0 Å². The Morgan fingerprint density at radius 2 is 2.00 bits per heavy atom. The number of aromatic nitrogens is 1. The second-order valence-electron chi connectivity index (χ2n) is 6.38. The van der Waals surface area contributed by atoms with Crippen LogP contribution < -0.4 is 10.6 Å². The molecule has 0 aliphatic carbocycles. The number of nitrogens with one attached hydrogen (secondary N) is 2. The number of hydrogen-bond acceptors (Lipinski definition) is 3. The van der Waals surface area contributed by atoms with Crippen LogP contribution in [-0.2, 0) is 5.41 Å². The largest absolute Gasteiger partial charge is 0.354 e. The number of carbonyl (C=O) groups is 1. The number of rotatable bonds is 5. The van der Waals surface area contributed by atoms with Gasteiger partial charge in [0.05, 0.1) is 17.4 Å². The molecule has 2 aromatic rings. The molecule has 120 valence electrons. The van der Waals surface area contributed by atoms with Crippen molar-refractivity contribution < 1.29 is 4.79 Å². The predicted molar refractivity (Wildman–Crippen MR) is 95.2 cm³/mol. The molecule has 0 fully saturated rings. The predicted octanol–water partition coefficient (Wildman–Crippen LogP) is 4.04. The lowest BCUT2D eigenvalue weighted by atomic mass is 9.86. The van der Waals surface area contributed by atoms with Gasteiger partial charge in [-0.1, -0.05) is 45.0 Å². The highest BCUT2D eigenvalue weighted by Gasteiger charge is 2.17. The highest BCUT2D eigenvalue weighted by molar-refractivity contribution is 5.95. The number of anilines is 2. The first-order chi connectivity index (χ1) is 10.9. The molecule has 0 spiro atoms. The van der Waals surface area contributed by atoms with Gasteiger partial charge < -0.3 is 10.6 Å². The zero-order chi connectivity index (χ0) is 16.9. The van der Waals surface area contributed by atoms with Crippen LogP contribution in [-0.4, -0.2) is 17.4 Å². The molecule has 1 heterocycles. The molecule has 23 heavy (non-hydrogen) atoms. The van der Waals surface area contributed by atoms with E-state index in [4.69, 9.17) is 0 Å². The number of carbonyl (C=O) groups excluding carboxylic acids is 1. The van der Waals surface area contributed by atoms with Gasteiger partial charge in [-0.3, -0.25) is 9.78 Å². The first-order valence-electron chi connectivity index (χ1n) is 7.62. The smallest absolute Gasteiger partial charge is 0.253 e. The fourth-order valence-electron chi connectivity index (χ4n) is 2.30. The monoisotopic (exact) mass is 309 g/mol. The van der Waals surface area contributed by atoms with E-state index >= 15 is 0 Å². The summed E-state index contributed by atoms with van der Waals surface area (Å²) in [5.41, 5.74) is 3.56. The van der Waals surface area contributed by atoms with Gasteiger partial charge in [0.25, 0.3) is 5.91 Å². The molecule has 0 atom stereocenters. The lowest BCUT2D eigenvalue weighted by Gasteiger charge is -2.23. The SMILES string of the molecule is C=CCNC(=O)c1cncc(Nc2ccccc2C(C)(C)C)c1. The third kappa shape index (κ3) is 4.42. The lowest BCUT2D eigenvalue weighted by molar-refractivity contribution is 0.0957. The van der Waals surface area contributed by atoms with Crippen LogP contribution in [0.5, 0.6) is 0 Å². The van der Waals surface area contributed by atoms with E-state index in [1.54, 1.807) is 24.5 Å². The number of hydrogen-bond donors (Lipinski definition) is 2. The third-order valence-electron chi connectivity index (χ3n) is 3.42. The Hall–Kier alpha value is -2.62. The van der Waals surface area contributed by atoms with E-state index in [0.29, 0.717) is 12.1 Å². The minimum Gasteiger partial charge on any atom is -0.354 e. The van der Waals surface area contributed by atoms with E-state index in [-0.39, 0.29) is 11.3 Å². The zero-order valence-electron chi connectivity index (χ0n) is 13.9. The molecule has 0 unspecified atom stereocenters. The summed E-state index contributed by atoms with van der Waals surface area (Å²) in [7, 11) is 0. The zero-order valence-corrected chi connectivity index (χ0v) is 13.9. The van der Waals surface area contributed by atoms with Gasteiger partial charge in [-0.15, -0.1) is 6.58 Å². The summed E-state index contributed by atoms with van der Waals surface area (Å²) in [6.07, 6.45) is 4.91. The minimum atomic E-state index is -0.162. The summed E-state index contributed by atoms with van der Waals surface area (Å²) in [5, 5.41) is 6.12. The van der Waals surface area contributed by atoms with Crippen LogP contribution >= 0.6 is 0 Å². The Morgan fingerprint density at radius 1 is 1.26 bits per heavy atom. The van der Waals surface area contributed by atoms with Crippen LogP contribution in [0.15, 0.2) is 55.4 Å². The summed E-state index contributed by atoms with van der Waals surface area (Å²) in [4.78, 5) is 16.2. The van der Waals surface area contributed by atoms with Crippen molar-refractivity contribution in [2.45, 2.75) is 26.2 Å². The first kappa shape index (κ1) is 16.7. The summed E-state index contributed by atoms with van der Waals surface area (Å²) in [6.45, 7) is 10.5. The Morgan fingerprint density at radius 3 is 2.70 bits per heavy atom. The lowest BCUT2D eigenvalue weighted by Crippen LogP contribution is -2.23. The van der Waals surface area contributed by atoms with Crippen LogP contribution in [0, 0.1) is 0 Å². The summed E-state index contributed by atoms with van der Waals surface area (Å²) in [6, 6.07) is 9.96. The molecule has 1 amide bonds. The number of amides is 1. The van der Waals surface area contributed by atoms with E-state index in [9.17, 15) is 4.79 Å². The van der Waals surface area contributed by atoms with Crippen molar-refractivity contribution in [3.8, 4) is 0 Å². The second kappa shape index (κ2) is 7.09. The molecular weight excluding hydrogens is 286 g/mol. The van der Waals surface area contributed by atoms with Crippen molar-refractivity contribution >= 4 is 17.3 Å². The minimum absolute atomic E-state index is 0.0238. The van der Waals surface area contributed by atoms with Gasteiger partial charge in [0.2, 0.25) is 0 Å². The molecule has 4 nitrogen and oxygen atoms in total. The first-order valence-corrected chi connectivity index (χ1v) is 7.62. The molecule has 1 aromatic heterocycles. The summed E-state index contributed by atoms with van der Waals surface area (Å²) in [5.74, 6) is -0.162. The van der Waals surface area contributed by atoms with Gasteiger partial charge in [0.15, 0.2) is 0 Å². The van der Waals surface area contributed by atoms with Crippen LogP contribution in [0.1, 0.15) is 36.7 Å². The fraction of sp³-hybridized carbons (Fsp3) is 0.263. The second-order valence-corrected chi connectivity index (χ2v) is 6.38. The average Bonchev–Trinajstić information content (AvgIpc) is 2.52. The molecule has 0 aliphatic heterocycles. The highest BCUT2D eigenvalue weighted by Crippen LogP contribution is 2.31. The van der Waals surface area contributed by atoms with E-state index in [1.165, 1.54) is 5.56 Å². The molecule has 0 aliphatic rings. The molecule has 1 aromatic carbocycles. The topological polar surface area (TPSA) is 54.0 Å². The normalized spacial score (nSPS) is 10.9. The van der Waals surface area contributed by atoms with Gasteiger partial charge in [-0.2, -0.15) is 0 Å². The van der Waals surface area contributed by atoms with Gasteiger partial charge in [0, 0.05) is 18.4 Å². The van der Waals surface area contributed by atoms with Gasteiger partial charge in [0.1, 0.15) is 0 Å². The Labute approximate surface area is 137 Å². The Kier molecular flexibility index (Phi) is 5.16. The number of benzene rings is 1. The van der Waals surface area contributed by atoms with Crippen molar-refractivity contribution in [2.24, 2.45) is 0 Å². The van der Waals surface area contributed by atoms with Crippen LogP contribution in [0.4, 0.5) is 11.4 Å². The Bertz CT molecular complexity index is 702. The summed E-state index contributed by atoms with van der Waals surface area (Å²) >= 11 is 0. The van der Waals surface area contributed by atoms with Gasteiger partial charge >= 0.3 is 0 Å². The third-order valence-corrected chi connectivity index (χ3v) is 3.42. The number of pyridine rings is 1. The maximum absolute atomic E-state index is 12.0. The highest BCUT2D eigenvalue weighted by atomic mass is 16.1. The average molecular weight is 309 g/mol.